The number of benzene rings is 2. The van der Waals surface area contributed by atoms with Gasteiger partial charge in [0, 0.05) is 35.8 Å². The summed E-state index contributed by atoms with van der Waals surface area (Å²) in [6.07, 6.45) is -9.06. The Labute approximate surface area is 298 Å². The SMILES string of the molecule is Cc1cccc(C)c1-c1cc2nc(n1)NS(=O)(=O)c1cccc(c1)C(=O)N([C@H]1CC[C@@H](N(C)CCC(F)(F)F)CC1)[C@H](CC1(C(F)(F)F)CC1)CO2. The van der Waals surface area contributed by atoms with Crippen LogP contribution in [0, 0.1) is 19.3 Å². The molecule has 6 rings (SSSR count). The molecule has 2 aromatic carbocycles. The summed E-state index contributed by atoms with van der Waals surface area (Å²) < 4.78 is 118. The lowest BCUT2D eigenvalue weighted by atomic mass is 9.86. The van der Waals surface area contributed by atoms with Crippen LogP contribution in [0.25, 0.3) is 11.3 Å². The minimum Gasteiger partial charge on any atom is -0.475 e. The van der Waals surface area contributed by atoms with Crippen LogP contribution in [0.5, 0.6) is 5.88 Å². The molecule has 1 aliphatic heterocycles. The highest BCUT2D eigenvalue weighted by atomic mass is 32.2. The lowest BCUT2D eigenvalue weighted by Crippen LogP contribution is -2.53. The highest BCUT2D eigenvalue weighted by Gasteiger charge is 2.64. The summed E-state index contributed by atoms with van der Waals surface area (Å²) in [7, 11) is -2.75. The molecular formula is C36H41F6N5O4S. The van der Waals surface area contributed by atoms with Crippen LogP contribution in [0.1, 0.15) is 72.9 Å². The van der Waals surface area contributed by atoms with E-state index < -0.39 is 58.6 Å². The molecule has 282 valence electrons. The van der Waals surface area contributed by atoms with Gasteiger partial charge >= 0.3 is 12.4 Å². The van der Waals surface area contributed by atoms with E-state index in [1.165, 1.54) is 35.2 Å². The fourth-order valence-corrected chi connectivity index (χ4v) is 8.52. The number of aryl methyl sites for hydroxylation is 2. The molecule has 4 bridgehead atoms. The number of carbonyl (C=O) groups excluding carboxylic acids is 1. The van der Waals surface area contributed by atoms with E-state index in [0.717, 1.165) is 11.1 Å². The highest BCUT2D eigenvalue weighted by Crippen LogP contribution is 2.61. The van der Waals surface area contributed by atoms with Crippen LogP contribution in [0.3, 0.4) is 0 Å². The standard InChI is InChI=1S/C36H41F6N5O4S/c1-22-6-4-7-23(2)31(22)29-19-30-44-33(43-29)45-52(49,50)28-9-5-8-24(18-28)32(48)47(27(21-51-30)20-34(14-15-34)36(40,41)42)26-12-10-25(11-13-26)46(3)17-16-35(37,38)39/h4-9,18-19,25-27H,10-17,20-21H2,1-3H3,(H,43,44,45)/t25-,26+,27-/m1/s1. The number of sulfonamides is 1. The van der Waals surface area contributed by atoms with E-state index >= 15 is 0 Å². The third-order valence-electron chi connectivity index (χ3n) is 10.6. The van der Waals surface area contributed by atoms with Gasteiger partial charge in [0.25, 0.3) is 15.9 Å². The van der Waals surface area contributed by atoms with Crippen molar-refractivity contribution in [1.82, 2.24) is 19.8 Å². The molecule has 0 saturated heterocycles. The van der Waals surface area contributed by atoms with Crippen molar-refractivity contribution in [3.8, 4) is 17.1 Å². The number of ether oxygens (including phenoxy) is 1. The minimum absolute atomic E-state index is 0.0442. The maximum Gasteiger partial charge on any atom is 0.394 e. The van der Waals surface area contributed by atoms with Gasteiger partial charge in [-0.05, 0) is 95.2 Å². The second-order valence-corrected chi connectivity index (χ2v) is 16.0. The number of nitrogens with one attached hydrogen (secondary N) is 1. The van der Waals surface area contributed by atoms with Crippen molar-refractivity contribution in [3.05, 3.63) is 65.2 Å². The summed E-state index contributed by atoms with van der Waals surface area (Å²) >= 11 is 0. The largest absolute Gasteiger partial charge is 0.475 e. The molecule has 1 atom stereocenters. The zero-order chi connectivity index (χ0) is 37.6. The molecular weight excluding hydrogens is 712 g/mol. The summed E-state index contributed by atoms with van der Waals surface area (Å²) in [5.41, 5.74) is 0.611. The van der Waals surface area contributed by atoms with E-state index in [2.05, 4.69) is 14.7 Å². The summed E-state index contributed by atoms with van der Waals surface area (Å²) in [5.74, 6) is -1.08. The van der Waals surface area contributed by atoms with Crippen molar-refractivity contribution < 1.29 is 44.3 Å². The van der Waals surface area contributed by atoms with E-state index in [9.17, 15) is 39.6 Å². The zero-order valence-electron chi connectivity index (χ0n) is 29.0. The first kappa shape index (κ1) is 37.8. The van der Waals surface area contributed by atoms with Crippen molar-refractivity contribution in [2.24, 2.45) is 5.41 Å². The number of anilines is 1. The number of hydrogen-bond acceptors (Lipinski definition) is 7. The van der Waals surface area contributed by atoms with Crippen molar-refractivity contribution in [1.29, 1.82) is 0 Å². The molecule has 3 aromatic rings. The number of aromatic nitrogens is 2. The first-order valence-corrected chi connectivity index (χ1v) is 18.7. The minimum atomic E-state index is -4.54. The van der Waals surface area contributed by atoms with Gasteiger partial charge in [-0.25, -0.2) is 18.1 Å². The number of amides is 1. The number of fused-ring (bicyclic) bond motifs is 4. The molecule has 52 heavy (non-hydrogen) atoms. The summed E-state index contributed by atoms with van der Waals surface area (Å²) in [5, 5.41) is 0. The van der Waals surface area contributed by atoms with Crippen LogP contribution in [0.15, 0.2) is 53.4 Å². The molecule has 0 spiro atoms. The number of nitrogens with zero attached hydrogens (tertiary/aromatic N) is 4. The van der Waals surface area contributed by atoms with Crippen molar-refractivity contribution >= 4 is 21.9 Å². The zero-order valence-corrected chi connectivity index (χ0v) is 29.8. The molecule has 0 unspecified atom stereocenters. The molecule has 1 aromatic heterocycles. The summed E-state index contributed by atoms with van der Waals surface area (Å²) in [6, 6.07) is 10.4. The van der Waals surface area contributed by atoms with Crippen molar-refractivity contribution in [2.45, 2.75) is 101 Å². The molecule has 9 nitrogen and oxygen atoms in total. The number of alkyl halides is 6. The van der Waals surface area contributed by atoms with Gasteiger partial charge in [0.05, 0.1) is 28.5 Å². The maximum absolute atomic E-state index is 14.5. The van der Waals surface area contributed by atoms with Crippen molar-refractivity contribution in [2.75, 3.05) is 24.9 Å². The van der Waals surface area contributed by atoms with E-state index in [0.29, 0.717) is 36.9 Å². The molecule has 3 aliphatic rings. The predicted molar refractivity (Wildman–Crippen MR) is 181 cm³/mol. The lowest BCUT2D eigenvalue weighted by Gasteiger charge is -2.44. The first-order chi connectivity index (χ1) is 24.4. The van der Waals surface area contributed by atoms with Crippen LogP contribution in [-0.4, -0.2) is 84.8 Å². The fourth-order valence-electron chi connectivity index (χ4n) is 7.53. The van der Waals surface area contributed by atoms with Gasteiger partial charge in [-0.3, -0.25) is 4.79 Å². The van der Waals surface area contributed by atoms with Crippen LogP contribution in [0.2, 0.25) is 0 Å². The second kappa shape index (κ2) is 14.1. The van der Waals surface area contributed by atoms with E-state index in [4.69, 9.17) is 4.74 Å². The predicted octanol–water partition coefficient (Wildman–Crippen LogP) is 7.69. The quantitative estimate of drug-likeness (QED) is 0.247. The number of rotatable bonds is 7. The van der Waals surface area contributed by atoms with E-state index in [1.807, 2.05) is 32.0 Å². The number of hydrogen-bond donors (Lipinski definition) is 1. The smallest absolute Gasteiger partial charge is 0.394 e. The van der Waals surface area contributed by atoms with Gasteiger partial charge < -0.3 is 14.5 Å². The topological polar surface area (TPSA) is 105 Å². The van der Waals surface area contributed by atoms with Gasteiger partial charge in [0.1, 0.15) is 6.61 Å². The Kier molecular flexibility index (Phi) is 10.3. The lowest BCUT2D eigenvalue weighted by molar-refractivity contribution is -0.193. The van der Waals surface area contributed by atoms with Gasteiger partial charge in [0.15, 0.2) is 0 Å². The Morgan fingerprint density at radius 1 is 0.962 bits per heavy atom. The number of carbonyl (C=O) groups is 1. The Balaban J connectivity index is 1.42. The number of halogens is 6. The third kappa shape index (κ3) is 8.17. The van der Waals surface area contributed by atoms with Gasteiger partial charge in [-0.2, -0.15) is 31.3 Å². The molecule has 0 radical (unpaired) electrons. The molecule has 1 amide bonds. The van der Waals surface area contributed by atoms with Crippen LogP contribution in [-0.2, 0) is 10.0 Å². The Morgan fingerprint density at radius 2 is 1.62 bits per heavy atom. The second-order valence-electron chi connectivity index (χ2n) is 14.3. The van der Waals surface area contributed by atoms with Crippen LogP contribution >= 0.6 is 0 Å². The Bertz CT molecular complexity index is 1890. The van der Waals surface area contributed by atoms with E-state index in [1.54, 1.807) is 11.9 Å². The summed E-state index contributed by atoms with van der Waals surface area (Å²) in [4.78, 5) is 26.1. The monoisotopic (exact) mass is 753 g/mol. The van der Waals surface area contributed by atoms with Gasteiger partial charge in [-0.1, -0.05) is 24.3 Å². The average Bonchev–Trinajstić information content (AvgIpc) is 3.87. The third-order valence-corrected chi connectivity index (χ3v) is 11.9. The van der Waals surface area contributed by atoms with Crippen molar-refractivity contribution in [3.63, 3.8) is 0 Å². The summed E-state index contributed by atoms with van der Waals surface area (Å²) in [6.45, 7) is 3.13. The Hall–Kier alpha value is -3.92. The molecule has 1 N–H and O–H groups in total. The van der Waals surface area contributed by atoms with Gasteiger partial charge in [0.2, 0.25) is 11.8 Å². The highest BCUT2D eigenvalue weighted by molar-refractivity contribution is 7.92. The first-order valence-electron chi connectivity index (χ1n) is 17.2. The van der Waals surface area contributed by atoms with Gasteiger partial charge in [-0.15, -0.1) is 0 Å². The molecule has 2 heterocycles. The molecule has 2 fully saturated rings. The average molecular weight is 754 g/mol. The molecule has 16 heteroatoms. The normalized spacial score (nSPS) is 23.2. The molecule has 2 saturated carbocycles. The van der Waals surface area contributed by atoms with Crippen LogP contribution < -0.4 is 9.46 Å². The maximum atomic E-state index is 14.5. The van der Waals surface area contributed by atoms with Crippen LogP contribution in [0.4, 0.5) is 32.3 Å². The fraction of sp³-hybridized carbons (Fsp3) is 0.528. The van der Waals surface area contributed by atoms with E-state index in [-0.39, 0.29) is 54.3 Å². The molecule has 2 aliphatic carbocycles. The Morgan fingerprint density at radius 3 is 2.23 bits per heavy atom.